The molecular weight excluding hydrogens is 1210 g/mol. The molecule has 0 saturated carbocycles. The van der Waals surface area contributed by atoms with Gasteiger partial charge in [-0.3, -0.25) is 19.2 Å². The van der Waals surface area contributed by atoms with Crippen LogP contribution in [0.2, 0.25) is 0 Å². The van der Waals surface area contributed by atoms with Crippen LogP contribution >= 0.6 is 0 Å². The van der Waals surface area contributed by atoms with E-state index in [0.29, 0.717) is 42.3 Å². The molecule has 2 amide bonds. The second-order valence-electron chi connectivity index (χ2n) is 18.9. The molecule has 0 radical (unpaired) electrons. The third-order valence-electron chi connectivity index (χ3n) is 7.98. The maximum Gasteiger partial charge on any atom is 1.00 e. The van der Waals surface area contributed by atoms with Crippen molar-refractivity contribution < 1.29 is 227 Å². The number of alkyl halides is 9. The number of carboxylic acids is 2. The van der Waals surface area contributed by atoms with Crippen LogP contribution in [-0.4, -0.2) is 105 Å². The fourth-order valence-electron chi connectivity index (χ4n) is 4.51. The molecule has 4 rings (SSSR count). The number of esters is 4. The Morgan fingerprint density at radius 1 is 0.506 bits per heavy atom. The molecule has 0 aliphatic heterocycles. The molecule has 85 heavy (non-hydrogen) atoms. The van der Waals surface area contributed by atoms with Crippen LogP contribution in [0, 0.1) is 0 Å². The summed E-state index contributed by atoms with van der Waals surface area (Å²) in [5.41, 5.74) is 13.1. The monoisotopic (exact) mass is 1280 g/mol. The summed E-state index contributed by atoms with van der Waals surface area (Å²) in [6, 6.07) is 24.6. The van der Waals surface area contributed by atoms with E-state index in [4.69, 9.17) is 46.3 Å². The van der Waals surface area contributed by atoms with Crippen molar-refractivity contribution in [2.45, 2.75) is 131 Å². The predicted octanol–water partition coefficient (Wildman–Crippen LogP) is 1.30. The fraction of sp³-hybridized carbons (Fsp3) is 0.377. The molecule has 4 aromatic rings. The first kappa shape index (κ1) is 88.6. The Kier molecular flexibility index (Phi) is 44.4. The second-order valence-corrected chi connectivity index (χ2v) is 18.9. The minimum atomic E-state index is -5.09. The van der Waals surface area contributed by atoms with Gasteiger partial charge in [0.05, 0.1) is 27.9 Å². The Morgan fingerprint density at radius 2 is 0.741 bits per heavy atom. The summed E-state index contributed by atoms with van der Waals surface area (Å²) in [6.45, 7) is 16.8. The third kappa shape index (κ3) is 48.6. The van der Waals surface area contributed by atoms with E-state index in [9.17, 15) is 77.9 Å². The average Bonchev–Trinajstić information content (AvgIpc) is 3.35. The zero-order chi connectivity index (χ0) is 65.3. The number of carboxylic acid groups (broad SMARTS) is 2. The van der Waals surface area contributed by atoms with Gasteiger partial charge in [0.25, 0.3) is 6.47 Å². The van der Waals surface area contributed by atoms with Crippen molar-refractivity contribution in [2.75, 3.05) is 0 Å². The van der Waals surface area contributed by atoms with Gasteiger partial charge in [0.2, 0.25) is 0 Å². The summed E-state index contributed by atoms with van der Waals surface area (Å²) < 4.78 is 119. The van der Waals surface area contributed by atoms with Gasteiger partial charge in [0, 0.05) is 33.1 Å². The van der Waals surface area contributed by atoms with Crippen LogP contribution in [-0.2, 0) is 69.2 Å². The molecule has 0 fully saturated rings. The molecule has 464 valence electrons. The van der Waals surface area contributed by atoms with Gasteiger partial charge in [-0.15, -0.1) is 0 Å². The molecule has 0 unspecified atom stereocenters. The number of ether oxygens (including phenoxy) is 3. The molecule has 0 aromatic heterocycles. The van der Waals surface area contributed by atoms with Crippen molar-refractivity contribution in [2.24, 2.45) is 11.5 Å². The van der Waals surface area contributed by atoms with E-state index in [1.165, 1.54) is 48.5 Å². The molecule has 21 nitrogen and oxygen atoms in total. The molecule has 0 spiro atoms. The van der Waals surface area contributed by atoms with E-state index in [-0.39, 0.29) is 141 Å². The molecule has 32 heteroatoms. The topological polar surface area (TPSA) is 350 Å². The standard InChI is InChI=1S/C14H16F3NO3.C12H17NO2.C10H8F3NO3.C8H9NO2.C4H3F3O3.C4H10O.CH2O3.2K.H/c1-13(2,3)21-11(19)10-6-4-9(5-7-10)8-18-12(20)14(15,16)17;1-12(2,3)15-11(14)10-6-4-9(8-13)5-7-10;11-10(12,13)9(17)14-5-6-1-3-7(4-2-6)8(15)16;9-5-6-1-3-7(4-2-6)8(10)11;1-2(8)10-3(9)4(5,6)7;1-4(2,3)5;2-1-4-3;;;/h4-7H,8H2,1-3H3,(H,18,20);4-7H,8,13H2,1-3H3;1-4H,5H2,(H,14,17)(H,15,16);1-4H,5,9H2,(H,10,11);1H3;5H,1-3H3;1,3H;;;/q;;;;;;;2*+1;-1/p-1. The fourth-order valence-corrected chi connectivity index (χ4v) is 4.51. The first-order valence-electron chi connectivity index (χ1n) is 23.3. The van der Waals surface area contributed by atoms with Gasteiger partial charge in [-0.1, -0.05) is 48.5 Å². The maximum atomic E-state index is 12.0. The first-order chi connectivity index (χ1) is 37.7. The summed E-state index contributed by atoms with van der Waals surface area (Å²) in [5.74, 6) is -10.6. The molecule has 0 aliphatic rings. The number of carbonyl (C=O) groups excluding carboxylic acids is 7. The second kappa shape index (κ2) is 42.6. The molecule has 4 aromatic carbocycles. The Labute approximate surface area is 569 Å². The normalized spacial score (nSPS) is 10.6. The van der Waals surface area contributed by atoms with Crippen LogP contribution in [0.3, 0.4) is 0 Å². The predicted molar refractivity (Wildman–Crippen MR) is 275 cm³/mol. The van der Waals surface area contributed by atoms with Gasteiger partial charge in [0.15, 0.2) is 0 Å². The number of hydrogen-bond donors (Lipinski definition) is 7. The number of aliphatic hydroxyl groups is 1. The number of nitrogens with one attached hydrogen (secondary N) is 2. The van der Waals surface area contributed by atoms with Crippen LogP contribution in [0.25, 0.3) is 0 Å². The van der Waals surface area contributed by atoms with Crippen LogP contribution in [0.1, 0.15) is 134 Å². The number of amides is 2. The summed E-state index contributed by atoms with van der Waals surface area (Å²) in [4.78, 5) is 96.1. The van der Waals surface area contributed by atoms with E-state index < -0.39 is 77.0 Å². The molecule has 0 heterocycles. The van der Waals surface area contributed by atoms with E-state index in [1.54, 1.807) is 88.6 Å². The van der Waals surface area contributed by atoms with Crippen molar-refractivity contribution in [1.82, 2.24) is 10.6 Å². The van der Waals surface area contributed by atoms with E-state index in [2.05, 4.69) is 9.62 Å². The van der Waals surface area contributed by atoms with Crippen molar-refractivity contribution in [1.29, 1.82) is 0 Å². The van der Waals surface area contributed by atoms with Crippen LogP contribution in [0.5, 0.6) is 0 Å². The smallest absolute Gasteiger partial charge is 1.00 e. The van der Waals surface area contributed by atoms with Gasteiger partial charge in [-0.05, 0) is 133 Å². The number of halogens is 9. The van der Waals surface area contributed by atoms with Crippen molar-refractivity contribution in [3.05, 3.63) is 142 Å². The van der Waals surface area contributed by atoms with E-state index >= 15 is 0 Å². The molecule has 0 bridgehead atoms. The molecule has 0 aliphatic carbocycles. The van der Waals surface area contributed by atoms with Gasteiger partial charge in [0.1, 0.15) is 11.2 Å². The van der Waals surface area contributed by atoms with Gasteiger partial charge in [-0.2, -0.15) is 39.5 Å². The Hall–Kier alpha value is -5.21. The van der Waals surface area contributed by atoms with Crippen molar-refractivity contribution >= 4 is 54.1 Å². The van der Waals surface area contributed by atoms with Crippen LogP contribution in [0.15, 0.2) is 97.1 Å². The van der Waals surface area contributed by atoms with Gasteiger partial charge >= 0.3 is 169 Å². The SMILES string of the molecule is CC(=O)OC(=O)C(F)(F)F.CC(C)(C)O.CC(C)(C)OC(=O)c1ccc(CN)cc1.CC(C)(C)OC(=O)c1ccc(CNC(=O)C(F)(F)F)cc1.NCc1ccc(C(=O)O)cc1.O=C(O)c1ccc(CNC(=O)C(F)(F)F)cc1.O=CO[O-].[H-].[K+].[K+]. The summed E-state index contributed by atoms with van der Waals surface area (Å²) in [5, 5.41) is 37.5. The van der Waals surface area contributed by atoms with Crippen molar-refractivity contribution in [3.8, 4) is 0 Å². The Morgan fingerprint density at radius 3 is 0.906 bits per heavy atom. The van der Waals surface area contributed by atoms with E-state index in [0.717, 1.165) is 11.1 Å². The Bertz CT molecular complexity index is 2680. The average molecular weight is 1280 g/mol. The minimum Gasteiger partial charge on any atom is -1.00 e. The summed E-state index contributed by atoms with van der Waals surface area (Å²) in [6.07, 6.45) is -14.9. The molecule has 9 N–H and O–H groups in total. The van der Waals surface area contributed by atoms with Crippen LogP contribution in [0.4, 0.5) is 39.5 Å². The van der Waals surface area contributed by atoms with Crippen molar-refractivity contribution in [3.63, 3.8) is 0 Å². The summed E-state index contributed by atoms with van der Waals surface area (Å²) in [7, 11) is 0. The molecule has 0 saturated heterocycles. The minimum absolute atomic E-state index is 0. The number of carbonyl (C=O) groups is 9. The van der Waals surface area contributed by atoms with Gasteiger partial charge < -0.3 is 63.2 Å². The van der Waals surface area contributed by atoms with Crippen LogP contribution < -0.4 is 130 Å². The maximum absolute atomic E-state index is 12.0. The molecule has 0 atom stereocenters. The molecular formula is C53H65F9K2N4O17. The number of aromatic carboxylic acids is 2. The van der Waals surface area contributed by atoms with Gasteiger partial charge in [-0.25, -0.2) is 24.0 Å². The number of rotatable bonds is 11. The zero-order valence-corrected chi connectivity index (χ0v) is 54.5. The first-order valence-corrected chi connectivity index (χ1v) is 23.3. The number of benzene rings is 4. The Balaban J connectivity index is -0.000000226. The van der Waals surface area contributed by atoms with E-state index in [1.807, 2.05) is 32.9 Å². The number of hydrogen-bond acceptors (Lipinski definition) is 17. The third-order valence-corrected chi connectivity index (χ3v) is 7.98. The quantitative estimate of drug-likeness (QED) is 0.0163. The number of nitrogens with two attached hydrogens (primary N) is 2. The largest absolute Gasteiger partial charge is 1.00 e. The summed E-state index contributed by atoms with van der Waals surface area (Å²) >= 11 is 0. The zero-order valence-electron chi connectivity index (χ0n) is 49.3.